The minimum atomic E-state index is -0.789. The standard InChI is InChI=1S/C13H17NO2/c1-3-9-4-6-10(7-5-9)11-8-13(11,14)12(15)16-2/h4-7,11H,3,8,14H2,1-2H3. The maximum absolute atomic E-state index is 11.5. The van der Waals surface area contributed by atoms with Gasteiger partial charge in [0, 0.05) is 5.92 Å². The van der Waals surface area contributed by atoms with E-state index in [-0.39, 0.29) is 11.9 Å². The molecule has 0 amide bonds. The first-order valence-corrected chi connectivity index (χ1v) is 5.58. The van der Waals surface area contributed by atoms with Crippen LogP contribution in [0.15, 0.2) is 24.3 Å². The zero-order valence-electron chi connectivity index (χ0n) is 9.69. The van der Waals surface area contributed by atoms with Crippen molar-refractivity contribution in [3.05, 3.63) is 35.4 Å². The number of aryl methyl sites for hydroxylation is 1. The second-order valence-electron chi connectivity index (χ2n) is 4.38. The lowest BCUT2D eigenvalue weighted by Gasteiger charge is -2.09. The molecule has 0 saturated heterocycles. The predicted octanol–water partition coefficient (Wildman–Crippen LogP) is 1.61. The summed E-state index contributed by atoms with van der Waals surface area (Å²) in [6.07, 6.45) is 1.71. The van der Waals surface area contributed by atoms with Gasteiger partial charge in [-0.3, -0.25) is 4.79 Å². The highest BCUT2D eigenvalue weighted by atomic mass is 16.5. The molecule has 1 fully saturated rings. The fourth-order valence-electron chi connectivity index (χ4n) is 2.10. The van der Waals surface area contributed by atoms with Gasteiger partial charge in [-0.05, 0) is 24.0 Å². The Labute approximate surface area is 95.6 Å². The van der Waals surface area contributed by atoms with Crippen LogP contribution in [0.3, 0.4) is 0 Å². The first-order valence-electron chi connectivity index (χ1n) is 5.58. The van der Waals surface area contributed by atoms with Crippen LogP contribution in [0.1, 0.15) is 30.4 Å². The molecular formula is C13H17NO2. The number of carbonyl (C=O) groups is 1. The van der Waals surface area contributed by atoms with Crippen LogP contribution >= 0.6 is 0 Å². The molecule has 1 aliphatic carbocycles. The normalized spacial score (nSPS) is 27.6. The number of hydrogen-bond acceptors (Lipinski definition) is 3. The zero-order chi connectivity index (χ0) is 11.8. The molecule has 16 heavy (non-hydrogen) atoms. The molecule has 0 radical (unpaired) electrons. The SMILES string of the molecule is CCc1ccc(C2CC2(N)C(=O)OC)cc1. The van der Waals surface area contributed by atoms with Crippen molar-refractivity contribution in [2.45, 2.75) is 31.2 Å². The Balaban J connectivity index is 2.13. The summed E-state index contributed by atoms with van der Waals surface area (Å²) in [6.45, 7) is 2.12. The summed E-state index contributed by atoms with van der Waals surface area (Å²) in [7, 11) is 1.38. The highest BCUT2D eigenvalue weighted by Gasteiger charge is 2.58. The predicted molar refractivity (Wildman–Crippen MR) is 62.1 cm³/mol. The Bertz CT molecular complexity index is 399. The molecule has 2 unspecified atom stereocenters. The molecule has 0 heterocycles. The minimum Gasteiger partial charge on any atom is -0.468 e. The largest absolute Gasteiger partial charge is 0.468 e. The third-order valence-corrected chi connectivity index (χ3v) is 3.36. The molecule has 0 bridgehead atoms. The van der Waals surface area contributed by atoms with E-state index in [0.29, 0.717) is 6.42 Å². The molecule has 3 heteroatoms. The van der Waals surface area contributed by atoms with Crippen LogP contribution < -0.4 is 5.73 Å². The van der Waals surface area contributed by atoms with E-state index in [4.69, 9.17) is 10.5 Å². The van der Waals surface area contributed by atoms with E-state index in [1.165, 1.54) is 12.7 Å². The molecule has 1 aliphatic rings. The van der Waals surface area contributed by atoms with Gasteiger partial charge in [0.2, 0.25) is 0 Å². The van der Waals surface area contributed by atoms with Gasteiger partial charge in [-0.15, -0.1) is 0 Å². The summed E-state index contributed by atoms with van der Waals surface area (Å²) < 4.78 is 4.71. The Hall–Kier alpha value is -1.35. The van der Waals surface area contributed by atoms with Gasteiger partial charge in [-0.1, -0.05) is 31.2 Å². The second-order valence-corrected chi connectivity index (χ2v) is 4.38. The summed E-state index contributed by atoms with van der Waals surface area (Å²) >= 11 is 0. The van der Waals surface area contributed by atoms with E-state index in [1.807, 2.05) is 0 Å². The molecule has 0 aliphatic heterocycles. The van der Waals surface area contributed by atoms with Crippen LogP contribution in [-0.2, 0) is 16.0 Å². The Morgan fingerprint density at radius 3 is 2.62 bits per heavy atom. The minimum absolute atomic E-state index is 0.117. The number of esters is 1. The highest BCUT2D eigenvalue weighted by molar-refractivity contribution is 5.86. The van der Waals surface area contributed by atoms with E-state index in [9.17, 15) is 4.79 Å². The van der Waals surface area contributed by atoms with E-state index in [1.54, 1.807) is 0 Å². The third-order valence-electron chi connectivity index (χ3n) is 3.36. The Morgan fingerprint density at radius 2 is 2.12 bits per heavy atom. The summed E-state index contributed by atoms with van der Waals surface area (Å²) in [5.74, 6) is -0.192. The lowest BCUT2D eigenvalue weighted by molar-refractivity contribution is -0.143. The first-order chi connectivity index (χ1) is 7.61. The number of rotatable bonds is 3. The van der Waals surface area contributed by atoms with Crippen LogP contribution in [0.5, 0.6) is 0 Å². The quantitative estimate of drug-likeness (QED) is 0.786. The maximum Gasteiger partial charge on any atom is 0.326 e. The molecule has 0 spiro atoms. The fourth-order valence-corrected chi connectivity index (χ4v) is 2.10. The van der Waals surface area contributed by atoms with Gasteiger partial charge in [0.15, 0.2) is 0 Å². The van der Waals surface area contributed by atoms with Gasteiger partial charge in [0.05, 0.1) is 7.11 Å². The third kappa shape index (κ3) is 1.71. The van der Waals surface area contributed by atoms with Crippen molar-refractivity contribution < 1.29 is 9.53 Å². The van der Waals surface area contributed by atoms with Crippen molar-refractivity contribution in [1.82, 2.24) is 0 Å². The first kappa shape index (κ1) is 11.1. The van der Waals surface area contributed by atoms with Crippen LogP contribution in [-0.4, -0.2) is 18.6 Å². The molecule has 0 aromatic heterocycles. The van der Waals surface area contributed by atoms with Crippen molar-refractivity contribution in [3.8, 4) is 0 Å². The Morgan fingerprint density at radius 1 is 1.50 bits per heavy atom. The number of ether oxygens (including phenoxy) is 1. The van der Waals surface area contributed by atoms with E-state index < -0.39 is 5.54 Å². The number of carbonyl (C=O) groups excluding carboxylic acids is 1. The van der Waals surface area contributed by atoms with Gasteiger partial charge >= 0.3 is 5.97 Å². The highest BCUT2D eigenvalue weighted by Crippen LogP contribution is 2.50. The average Bonchev–Trinajstić information content (AvgIpc) is 3.02. The molecule has 1 aromatic carbocycles. The molecule has 2 atom stereocenters. The number of hydrogen-bond donors (Lipinski definition) is 1. The summed E-state index contributed by atoms with van der Waals surface area (Å²) in [5.41, 5.74) is 7.61. The van der Waals surface area contributed by atoms with E-state index >= 15 is 0 Å². The molecule has 86 valence electrons. The van der Waals surface area contributed by atoms with E-state index in [0.717, 1.165) is 12.0 Å². The summed E-state index contributed by atoms with van der Waals surface area (Å²) in [6, 6.07) is 8.29. The smallest absolute Gasteiger partial charge is 0.326 e. The lowest BCUT2D eigenvalue weighted by Crippen LogP contribution is -2.35. The van der Waals surface area contributed by atoms with Crippen molar-refractivity contribution >= 4 is 5.97 Å². The van der Waals surface area contributed by atoms with Gasteiger partial charge in [-0.2, -0.15) is 0 Å². The van der Waals surface area contributed by atoms with Gasteiger partial charge in [0.25, 0.3) is 0 Å². The molecular weight excluding hydrogens is 202 g/mol. The van der Waals surface area contributed by atoms with Crippen LogP contribution in [0.2, 0.25) is 0 Å². The van der Waals surface area contributed by atoms with Crippen molar-refractivity contribution in [3.63, 3.8) is 0 Å². The number of benzene rings is 1. The molecule has 3 nitrogen and oxygen atoms in total. The summed E-state index contributed by atoms with van der Waals surface area (Å²) in [5, 5.41) is 0. The monoisotopic (exact) mass is 219 g/mol. The van der Waals surface area contributed by atoms with E-state index in [2.05, 4.69) is 31.2 Å². The van der Waals surface area contributed by atoms with Gasteiger partial charge in [-0.25, -0.2) is 0 Å². The van der Waals surface area contributed by atoms with Crippen molar-refractivity contribution in [2.24, 2.45) is 5.73 Å². The van der Waals surface area contributed by atoms with Crippen LogP contribution in [0, 0.1) is 0 Å². The summed E-state index contributed by atoms with van der Waals surface area (Å²) in [4.78, 5) is 11.5. The fraction of sp³-hybridized carbons (Fsp3) is 0.462. The average molecular weight is 219 g/mol. The van der Waals surface area contributed by atoms with Gasteiger partial charge < -0.3 is 10.5 Å². The zero-order valence-corrected chi connectivity index (χ0v) is 9.69. The van der Waals surface area contributed by atoms with Gasteiger partial charge in [0.1, 0.15) is 5.54 Å². The second kappa shape index (κ2) is 3.91. The number of nitrogens with two attached hydrogens (primary N) is 1. The van der Waals surface area contributed by atoms with Crippen molar-refractivity contribution in [1.29, 1.82) is 0 Å². The van der Waals surface area contributed by atoms with Crippen LogP contribution in [0.4, 0.5) is 0 Å². The van der Waals surface area contributed by atoms with Crippen LogP contribution in [0.25, 0.3) is 0 Å². The maximum atomic E-state index is 11.5. The van der Waals surface area contributed by atoms with Crippen molar-refractivity contribution in [2.75, 3.05) is 7.11 Å². The lowest BCUT2D eigenvalue weighted by atomic mass is 10.0. The molecule has 1 saturated carbocycles. The molecule has 1 aromatic rings. The Kier molecular flexibility index (Phi) is 2.72. The topological polar surface area (TPSA) is 52.3 Å². The number of methoxy groups -OCH3 is 1. The molecule has 2 N–H and O–H groups in total. The molecule has 2 rings (SSSR count).